The van der Waals surface area contributed by atoms with Gasteiger partial charge in [-0.2, -0.15) is 4.31 Å². The topological polar surface area (TPSA) is 102 Å². The first-order valence-corrected chi connectivity index (χ1v) is 11.8. The van der Waals surface area contributed by atoms with Crippen molar-refractivity contribution >= 4 is 27.4 Å². The molecular formula is C23H28N2O6S. The molecule has 0 unspecified atom stereocenters. The molecule has 2 aromatic carbocycles. The molecule has 1 aliphatic rings. The second-order valence-electron chi connectivity index (χ2n) is 7.67. The molecule has 9 heteroatoms. The second kappa shape index (κ2) is 10.2. The van der Waals surface area contributed by atoms with E-state index < -0.39 is 15.9 Å². The largest absolute Gasteiger partial charge is 0.495 e. The van der Waals surface area contributed by atoms with E-state index in [1.165, 1.54) is 29.6 Å². The summed E-state index contributed by atoms with van der Waals surface area (Å²) >= 11 is 0. The van der Waals surface area contributed by atoms with Crippen LogP contribution in [0.5, 0.6) is 5.75 Å². The van der Waals surface area contributed by atoms with Crippen LogP contribution in [0.3, 0.4) is 0 Å². The lowest BCUT2D eigenvalue weighted by Crippen LogP contribution is -2.40. The minimum atomic E-state index is -3.72. The molecular weight excluding hydrogens is 432 g/mol. The maximum atomic E-state index is 12.9. The molecule has 0 bridgehead atoms. The Balaban J connectivity index is 1.71. The summed E-state index contributed by atoms with van der Waals surface area (Å²) in [6.45, 7) is 5.00. The van der Waals surface area contributed by atoms with E-state index in [2.05, 4.69) is 5.32 Å². The van der Waals surface area contributed by atoms with Gasteiger partial charge in [0.2, 0.25) is 15.9 Å². The van der Waals surface area contributed by atoms with Crippen LogP contribution in [0.1, 0.15) is 34.3 Å². The van der Waals surface area contributed by atoms with E-state index >= 15 is 0 Å². The van der Waals surface area contributed by atoms with E-state index in [4.69, 9.17) is 9.47 Å². The van der Waals surface area contributed by atoms with Crippen LogP contribution in [0, 0.1) is 13.8 Å². The first kappa shape index (κ1) is 23.9. The number of carbonyl (C=O) groups excluding carboxylic acids is 2. The standard InChI is InChI=1S/C23H28N2O6S/c1-16-4-5-17(2)19(14-16)21(26)7-9-23(27)24-20-15-18(6-8-22(20)30-3)32(28,29)25-10-12-31-13-11-25/h4-6,8,14-15H,7,9-13H2,1-3H3,(H,24,27). The Morgan fingerprint density at radius 1 is 1.06 bits per heavy atom. The number of benzene rings is 2. The Labute approximate surface area is 188 Å². The van der Waals surface area contributed by atoms with Gasteiger partial charge in [-0.25, -0.2) is 8.42 Å². The number of nitrogens with zero attached hydrogens (tertiary/aromatic N) is 1. The zero-order chi connectivity index (χ0) is 23.3. The maximum Gasteiger partial charge on any atom is 0.243 e. The van der Waals surface area contributed by atoms with Gasteiger partial charge >= 0.3 is 0 Å². The minimum Gasteiger partial charge on any atom is -0.495 e. The lowest BCUT2D eigenvalue weighted by atomic mass is 9.99. The summed E-state index contributed by atoms with van der Waals surface area (Å²) in [6.07, 6.45) is 0.0139. The molecule has 1 N–H and O–H groups in total. The Morgan fingerprint density at radius 2 is 1.78 bits per heavy atom. The van der Waals surface area contributed by atoms with Gasteiger partial charge in [0.05, 0.1) is 30.9 Å². The second-order valence-corrected chi connectivity index (χ2v) is 9.61. The number of hydrogen-bond acceptors (Lipinski definition) is 6. The van der Waals surface area contributed by atoms with Crippen molar-refractivity contribution in [3.05, 3.63) is 53.1 Å². The SMILES string of the molecule is COc1ccc(S(=O)(=O)N2CCOCC2)cc1NC(=O)CCC(=O)c1cc(C)ccc1C. The predicted octanol–water partition coefficient (Wildman–Crippen LogP) is 2.93. The molecule has 0 spiro atoms. The highest BCUT2D eigenvalue weighted by molar-refractivity contribution is 7.89. The molecule has 32 heavy (non-hydrogen) atoms. The molecule has 1 amide bonds. The number of morpholine rings is 1. The van der Waals surface area contributed by atoms with Gasteiger partial charge in [0.1, 0.15) is 5.75 Å². The number of ketones is 1. The molecule has 0 atom stereocenters. The number of rotatable bonds is 8. The number of methoxy groups -OCH3 is 1. The monoisotopic (exact) mass is 460 g/mol. The van der Waals surface area contributed by atoms with E-state index in [0.29, 0.717) is 24.5 Å². The van der Waals surface area contributed by atoms with Crippen molar-refractivity contribution in [2.45, 2.75) is 31.6 Å². The minimum absolute atomic E-state index is 0.0319. The van der Waals surface area contributed by atoms with E-state index in [9.17, 15) is 18.0 Å². The summed E-state index contributed by atoms with van der Waals surface area (Å²) in [6, 6.07) is 9.97. The number of hydrogen-bond donors (Lipinski definition) is 1. The van der Waals surface area contributed by atoms with Crippen LogP contribution < -0.4 is 10.1 Å². The Kier molecular flexibility index (Phi) is 7.65. The quantitative estimate of drug-likeness (QED) is 0.608. The fraction of sp³-hybridized carbons (Fsp3) is 0.391. The van der Waals surface area contributed by atoms with Gasteiger partial charge in [-0.15, -0.1) is 0 Å². The Bertz CT molecular complexity index is 1110. The van der Waals surface area contributed by atoms with Crippen LogP contribution >= 0.6 is 0 Å². The summed E-state index contributed by atoms with van der Waals surface area (Å²) in [7, 11) is -2.29. The molecule has 172 valence electrons. The molecule has 0 radical (unpaired) electrons. The molecule has 0 saturated carbocycles. The molecule has 8 nitrogen and oxygen atoms in total. The zero-order valence-corrected chi connectivity index (χ0v) is 19.3. The van der Waals surface area contributed by atoms with Crippen molar-refractivity contribution in [1.82, 2.24) is 4.31 Å². The number of amides is 1. The number of Topliss-reactive ketones (excluding diaryl/α,β-unsaturated/α-hetero) is 1. The lowest BCUT2D eigenvalue weighted by Gasteiger charge is -2.26. The van der Waals surface area contributed by atoms with Crippen LogP contribution in [0.4, 0.5) is 5.69 Å². The number of ether oxygens (including phenoxy) is 2. The number of nitrogens with one attached hydrogen (secondary N) is 1. The smallest absolute Gasteiger partial charge is 0.243 e. The fourth-order valence-electron chi connectivity index (χ4n) is 3.49. The molecule has 1 heterocycles. The van der Waals surface area contributed by atoms with Gasteiger partial charge in [0.15, 0.2) is 5.78 Å². The van der Waals surface area contributed by atoms with E-state index in [1.54, 1.807) is 0 Å². The van der Waals surface area contributed by atoms with Gasteiger partial charge in [-0.05, 0) is 43.7 Å². The zero-order valence-electron chi connectivity index (χ0n) is 18.5. The summed E-state index contributed by atoms with van der Waals surface area (Å²) in [5.41, 5.74) is 2.69. The van der Waals surface area contributed by atoms with Crippen molar-refractivity contribution < 1.29 is 27.5 Å². The van der Waals surface area contributed by atoms with Crippen molar-refractivity contribution in [3.63, 3.8) is 0 Å². The fourth-order valence-corrected chi connectivity index (χ4v) is 4.93. The number of carbonyl (C=O) groups is 2. The molecule has 2 aromatic rings. The third kappa shape index (κ3) is 5.53. The van der Waals surface area contributed by atoms with Gasteiger partial charge in [-0.1, -0.05) is 17.7 Å². The third-order valence-corrected chi connectivity index (χ3v) is 7.22. The van der Waals surface area contributed by atoms with Gasteiger partial charge < -0.3 is 14.8 Å². The van der Waals surface area contributed by atoms with Crippen LogP contribution in [0.2, 0.25) is 0 Å². The summed E-state index contributed by atoms with van der Waals surface area (Å²) in [5, 5.41) is 2.69. The van der Waals surface area contributed by atoms with Gasteiger partial charge in [0, 0.05) is 31.5 Å². The Morgan fingerprint density at radius 3 is 2.47 bits per heavy atom. The summed E-state index contributed by atoms with van der Waals surface area (Å²) < 4.78 is 37.7. The molecule has 3 rings (SSSR count). The molecule has 1 fully saturated rings. The van der Waals surface area contributed by atoms with Crippen LogP contribution in [-0.4, -0.2) is 57.8 Å². The highest BCUT2D eigenvalue weighted by Crippen LogP contribution is 2.29. The van der Waals surface area contributed by atoms with Crippen LogP contribution in [0.25, 0.3) is 0 Å². The van der Waals surface area contributed by atoms with E-state index in [-0.39, 0.29) is 42.3 Å². The average molecular weight is 461 g/mol. The molecule has 1 aliphatic heterocycles. The number of anilines is 1. The van der Waals surface area contributed by atoms with Crippen LogP contribution in [-0.2, 0) is 19.6 Å². The maximum absolute atomic E-state index is 12.9. The van der Waals surface area contributed by atoms with E-state index in [0.717, 1.165) is 11.1 Å². The molecule has 0 aromatic heterocycles. The lowest BCUT2D eigenvalue weighted by molar-refractivity contribution is -0.116. The molecule has 0 aliphatic carbocycles. The van der Waals surface area contributed by atoms with E-state index in [1.807, 2.05) is 32.0 Å². The van der Waals surface area contributed by atoms with Crippen molar-refractivity contribution in [1.29, 1.82) is 0 Å². The number of sulfonamides is 1. The number of aryl methyl sites for hydroxylation is 2. The highest BCUT2D eigenvalue weighted by atomic mass is 32.2. The van der Waals surface area contributed by atoms with Crippen molar-refractivity contribution in [3.8, 4) is 5.75 Å². The first-order chi connectivity index (χ1) is 15.2. The molecule has 1 saturated heterocycles. The van der Waals surface area contributed by atoms with Crippen LogP contribution in [0.15, 0.2) is 41.3 Å². The first-order valence-electron chi connectivity index (χ1n) is 10.4. The highest BCUT2D eigenvalue weighted by Gasteiger charge is 2.27. The van der Waals surface area contributed by atoms with Crippen molar-refractivity contribution in [2.24, 2.45) is 0 Å². The Hall–Kier alpha value is -2.75. The third-order valence-electron chi connectivity index (χ3n) is 5.33. The van der Waals surface area contributed by atoms with Gasteiger partial charge in [-0.3, -0.25) is 9.59 Å². The van der Waals surface area contributed by atoms with Gasteiger partial charge in [0.25, 0.3) is 0 Å². The predicted molar refractivity (Wildman–Crippen MR) is 121 cm³/mol. The van der Waals surface area contributed by atoms with Crippen molar-refractivity contribution in [2.75, 3.05) is 38.7 Å². The normalized spacial score (nSPS) is 14.7. The summed E-state index contributed by atoms with van der Waals surface area (Å²) in [5.74, 6) is -0.181. The average Bonchev–Trinajstić information content (AvgIpc) is 2.79. The summed E-state index contributed by atoms with van der Waals surface area (Å²) in [4.78, 5) is 25.2.